The lowest BCUT2D eigenvalue weighted by Gasteiger charge is -2.34. The van der Waals surface area contributed by atoms with E-state index in [1.807, 2.05) is 0 Å². The Kier molecular flexibility index (Phi) is 7.06. The Bertz CT molecular complexity index is 240. The van der Waals surface area contributed by atoms with E-state index in [9.17, 15) is 9.90 Å². The Morgan fingerprint density at radius 1 is 1.19 bits per heavy atom. The normalized spacial score (nSPS) is 12.9. The van der Waals surface area contributed by atoms with E-state index >= 15 is 0 Å². The van der Waals surface area contributed by atoms with Crippen molar-refractivity contribution in [2.24, 2.45) is 0 Å². The van der Waals surface area contributed by atoms with Crippen LogP contribution in [0.5, 0.6) is 0 Å². The van der Waals surface area contributed by atoms with E-state index < -0.39 is 5.97 Å². The van der Waals surface area contributed by atoms with E-state index in [-0.39, 0.29) is 0 Å². The average Bonchev–Trinajstić information content (AvgIpc) is 2.17. The number of nitrogens with zero attached hydrogens (tertiary/aromatic N) is 1. The summed E-state index contributed by atoms with van der Waals surface area (Å²) in [6.07, 6.45) is 4.92. The maximum atomic E-state index is 10.5. The summed E-state index contributed by atoms with van der Waals surface area (Å²) in [4.78, 5) is 10.5. The Labute approximate surface area is 99.4 Å². The summed E-state index contributed by atoms with van der Waals surface area (Å²) in [5, 5.41) is 10.5. The second kappa shape index (κ2) is 7.44. The molecule has 0 spiro atoms. The SMILES string of the molecule is CCC[N+](C)(CCC)CCC=C(C)C(=O)[O-]. The van der Waals surface area contributed by atoms with Gasteiger partial charge in [0.2, 0.25) is 0 Å². The third-order valence-electron chi connectivity index (χ3n) is 2.97. The number of quaternary nitrogens is 1. The first-order chi connectivity index (χ1) is 7.45. The molecule has 0 rings (SSSR count). The fourth-order valence-electron chi connectivity index (χ4n) is 2.09. The number of carboxylic acids is 1. The molecular weight excluding hydrogens is 202 g/mol. The lowest BCUT2D eigenvalue weighted by Crippen LogP contribution is -2.45. The summed E-state index contributed by atoms with van der Waals surface area (Å²) in [5.41, 5.74) is 0.347. The van der Waals surface area contributed by atoms with E-state index in [1.54, 1.807) is 13.0 Å². The first kappa shape index (κ1) is 15.2. The van der Waals surface area contributed by atoms with Gasteiger partial charge in [-0.25, -0.2) is 0 Å². The van der Waals surface area contributed by atoms with Gasteiger partial charge >= 0.3 is 0 Å². The minimum absolute atomic E-state index is 0.347. The van der Waals surface area contributed by atoms with Crippen molar-refractivity contribution in [3.05, 3.63) is 11.6 Å². The lowest BCUT2D eigenvalue weighted by molar-refractivity contribution is -0.909. The smallest absolute Gasteiger partial charge is 0.0819 e. The Balaban J connectivity index is 4.22. The highest BCUT2D eigenvalue weighted by Gasteiger charge is 2.17. The molecule has 0 amide bonds. The maximum Gasteiger partial charge on any atom is 0.0819 e. The van der Waals surface area contributed by atoms with Crippen molar-refractivity contribution >= 4 is 5.97 Å². The molecule has 0 aromatic heterocycles. The molecule has 0 saturated carbocycles. The topological polar surface area (TPSA) is 40.1 Å². The van der Waals surface area contributed by atoms with E-state index in [0.29, 0.717) is 5.57 Å². The fraction of sp³-hybridized carbons (Fsp3) is 0.769. The summed E-state index contributed by atoms with van der Waals surface area (Å²) in [7, 11) is 2.25. The zero-order valence-electron chi connectivity index (χ0n) is 11.1. The second-order valence-corrected chi connectivity index (χ2v) is 4.75. The van der Waals surface area contributed by atoms with Gasteiger partial charge in [-0.1, -0.05) is 19.9 Å². The molecule has 0 heterocycles. The van der Waals surface area contributed by atoms with Gasteiger partial charge in [0.05, 0.1) is 32.7 Å². The van der Waals surface area contributed by atoms with Gasteiger partial charge in [-0.3, -0.25) is 0 Å². The van der Waals surface area contributed by atoms with Crippen LogP contribution < -0.4 is 5.11 Å². The van der Waals surface area contributed by atoms with E-state index in [1.165, 1.54) is 12.8 Å². The molecule has 0 aliphatic rings. The van der Waals surface area contributed by atoms with E-state index in [2.05, 4.69) is 20.9 Å². The van der Waals surface area contributed by atoms with Gasteiger partial charge in [0, 0.05) is 6.42 Å². The van der Waals surface area contributed by atoms with E-state index in [4.69, 9.17) is 0 Å². The molecule has 0 aliphatic carbocycles. The Morgan fingerprint density at radius 3 is 2.06 bits per heavy atom. The Hall–Kier alpha value is -0.830. The number of hydrogen-bond acceptors (Lipinski definition) is 2. The first-order valence-electron chi connectivity index (χ1n) is 6.17. The van der Waals surface area contributed by atoms with Gasteiger partial charge in [-0.15, -0.1) is 0 Å². The largest absolute Gasteiger partial charge is 0.545 e. The number of carbonyl (C=O) groups is 1. The van der Waals surface area contributed by atoms with Crippen molar-refractivity contribution in [1.82, 2.24) is 0 Å². The number of rotatable bonds is 8. The van der Waals surface area contributed by atoms with Crippen molar-refractivity contribution in [3.63, 3.8) is 0 Å². The summed E-state index contributed by atoms with van der Waals surface area (Å²) in [6.45, 7) is 9.30. The highest BCUT2D eigenvalue weighted by atomic mass is 16.4. The monoisotopic (exact) mass is 227 g/mol. The predicted molar refractivity (Wildman–Crippen MR) is 64.7 cm³/mol. The zero-order chi connectivity index (χ0) is 12.6. The Morgan fingerprint density at radius 2 is 1.69 bits per heavy atom. The van der Waals surface area contributed by atoms with Crippen LogP contribution in [0.2, 0.25) is 0 Å². The van der Waals surface area contributed by atoms with E-state index in [0.717, 1.165) is 30.5 Å². The molecule has 3 nitrogen and oxygen atoms in total. The summed E-state index contributed by atoms with van der Waals surface area (Å²) in [5.74, 6) is -1.06. The van der Waals surface area contributed by atoms with Gasteiger partial charge in [0.15, 0.2) is 0 Å². The molecule has 0 N–H and O–H groups in total. The van der Waals surface area contributed by atoms with Crippen LogP contribution in [0.1, 0.15) is 40.0 Å². The molecule has 3 heteroatoms. The molecule has 0 atom stereocenters. The molecule has 0 aromatic rings. The number of carbonyl (C=O) groups excluding carboxylic acids is 1. The highest BCUT2D eigenvalue weighted by Crippen LogP contribution is 2.08. The highest BCUT2D eigenvalue weighted by molar-refractivity contribution is 5.83. The standard InChI is InChI=1S/C13H25NO2/c1-5-9-14(4,10-6-2)11-7-8-12(3)13(15)16/h8H,5-7,9-11H2,1-4H3. The van der Waals surface area contributed by atoms with Gasteiger partial charge in [0.1, 0.15) is 0 Å². The van der Waals surface area contributed by atoms with Crippen LogP contribution >= 0.6 is 0 Å². The zero-order valence-corrected chi connectivity index (χ0v) is 11.1. The number of carboxylic acid groups (broad SMARTS) is 1. The minimum Gasteiger partial charge on any atom is -0.545 e. The lowest BCUT2D eigenvalue weighted by atomic mass is 10.2. The van der Waals surface area contributed by atoms with Crippen molar-refractivity contribution in [3.8, 4) is 0 Å². The molecule has 0 unspecified atom stereocenters. The van der Waals surface area contributed by atoms with Crippen LogP contribution in [-0.4, -0.2) is 37.1 Å². The third kappa shape index (κ3) is 5.91. The summed E-state index contributed by atoms with van der Waals surface area (Å²) in [6, 6.07) is 0. The average molecular weight is 227 g/mol. The van der Waals surface area contributed by atoms with Crippen LogP contribution in [0.25, 0.3) is 0 Å². The van der Waals surface area contributed by atoms with Gasteiger partial charge < -0.3 is 14.4 Å². The van der Waals surface area contributed by atoms with Crippen molar-refractivity contribution in [2.75, 3.05) is 26.7 Å². The molecular formula is C13H25NO2. The maximum absolute atomic E-state index is 10.5. The van der Waals surface area contributed by atoms with Crippen molar-refractivity contribution in [2.45, 2.75) is 40.0 Å². The van der Waals surface area contributed by atoms with Crippen LogP contribution in [0.15, 0.2) is 11.6 Å². The molecule has 0 fully saturated rings. The molecule has 94 valence electrons. The van der Waals surface area contributed by atoms with Crippen molar-refractivity contribution < 1.29 is 14.4 Å². The fourth-order valence-corrected chi connectivity index (χ4v) is 2.09. The number of hydrogen-bond donors (Lipinski definition) is 0. The summed E-state index contributed by atoms with van der Waals surface area (Å²) >= 11 is 0. The molecule has 0 saturated heterocycles. The van der Waals surface area contributed by atoms with Crippen LogP contribution in [0.3, 0.4) is 0 Å². The molecule has 0 bridgehead atoms. The second-order valence-electron chi connectivity index (χ2n) is 4.75. The summed E-state index contributed by atoms with van der Waals surface area (Å²) < 4.78 is 1.03. The number of aliphatic carboxylic acids is 1. The molecule has 0 aliphatic heterocycles. The van der Waals surface area contributed by atoms with Crippen LogP contribution in [-0.2, 0) is 4.79 Å². The molecule has 0 radical (unpaired) electrons. The van der Waals surface area contributed by atoms with Crippen LogP contribution in [0, 0.1) is 0 Å². The van der Waals surface area contributed by atoms with Crippen molar-refractivity contribution in [1.29, 1.82) is 0 Å². The third-order valence-corrected chi connectivity index (χ3v) is 2.97. The van der Waals surface area contributed by atoms with Gasteiger partial charge in [-0.2, -0.15) is 0 Å². The molecule has 0 aromatic carbocycles. The van der Waals surface area contributed by atoms with Gasteiger partial charge in [-0.05, 0) is 25.3 Å². The van der Waals surface area contributed by atoms with Crippen LogP contribution in [0.4, 0.5) is 0 Å². The first-order valence-corrected chi connectivity index (χ1v) is 6.17. The quantitative estimate of drug-likeness (QED) is 0.464. The minimum atomic E-state index is -1.06. The van der Waals surface area contributed by atoms with Gasteiger partial charge in [0.25, 0.3) is 0 Å². The molecule has 16 heavy (non-hydrogen) atoms. The predicted octanol–water partition coefficient (Wildman–Crippen LogP) is 1.34.